The summed E-state index contributed by atoms with van der Waals surface area (Å²) < 4.78 is 1.99. The Labute approximate surface area is 207 Å². The second kappa shape index (κ2) is 8.67. The quantitative estimate of drug-likeness (QED) is 0.367. The summed E-state index contributed by atoms with van der Waals surface area (Å²) in [6.07, 6.45) is 0. The lowest BCUT2D eigenvalue weighted by molar-refractivity contribution is 0.0746. The highest BCUT2D eigenvalue weighted by molar-refractivity contribution is 6.33. The van der Waals surface area contributed by atoms with E-state index in [0.29, 0.717) is 37.0 Å². The first kappa shape index (κ1) is 21.6. The van der Waals surface area contributed by atoms with Crippen molar-refractivity contribution in [3.8, 4) is 11.4 Å². The Hall–Kier alpha value is -3.97. The molecule has 1 aliphatic rings. The summed E-state index contributed by atoms with van der Waals surface area (Å²) in [5, 5.41) is 10.6. The summed E-state index contributed by atoms with van der Waals surface area (Å²) in [5.41, 5.74) is 4.24. The molecule has 0 spiro atoms. The number of amides is 1. The molecule has 174 valence electrons. The van der Waals surface area contributed by atoms with Gasteiger partial charge in [-0.05, 0) is 43.3 Å². The van der Waals surface area contributed by atoms with Crippen LogP contribution in [0.25, 0.3) is 27.9 Å². The Bertz CT molecular complexity index is 1550. The maximum Gasteiger partial charge on any atom is 0.253 e. The van der Waals surface area contributed by atoms with Crippen molar-refractivity contribution in [3.05, 3.63) is 88.9 Å². The van der Waals surface area contributed by atoms with E-state index >= 15 is 0 Å². The lowest BCUT2D eigenvalue weighted by atomic mass is 10.1. The number of anilines is 1. The van der Waals surface area contributed by atoms with Crippen LogP contribution in [0.4, 0.5) is 5.95 Å². The molecule has 3 aromatic carbocycles. The van der Waals surface area contributed by atoms with Crippen molar-refractivity contribution in [1.82, 2.24) is 24.5 Å². The Kier molecular flexibility index (Phi) is 5.34. The first-order valence-electron chi connectivity index (χ1n) is 11.6. The van der Waals surface area contributed by atoms with Crippen LogP contribution in [-0.4, -0.2) is 56.6 Å². The smallest absolute Gasteiger partial charge is 0.253 e. The summed E-state index contributed by atoms with van der Waals surface area (Å²) in [4.78, 5) is 22.1. The maximum atomic E-state index is 13.0. The predicted octanol–water partition coefficient (Wildman–Crippen LogP) is 4.87. The number of carbonyl (C=O) groups is 1. The Morgan fingerprint density at radius 2 is 1.57 bits per heavy atom. The molecular weight excluding hydrogens is 460 g/mol. The molecule has 2 aromatic heterocycles. The van der Waals surface area contributed by atoms with Crippen molar-refractivity contribution < 1.29 is 4.79 Å². The molecule has 6 rings (SSSR count). The van der Waals surface area contributed by atoms with Gasteiger partial charge in [-0.2, -0.15) is 0 Å². The van der Waals surface area contributed by atoms with E-state index < -0.39 is 0 Å². The monoisotopic (exact) mass is 482 g/mol. The summed E-state index contributed by atoms with van der Waals surface area (Å²) in [7, 11) is 0. The number of hydrogen-bond acceptors (Lipinski definition) is 5. The van der Waals surface area contributed by atoms with Crippen LogP contribution in [0, 0.1) is 6.92 Å². The second-order valence-corrected chi connectivity index (χ2v) is 9.14. The first-order chi connectivity index (χ1) is 17.1. The highest BCUT2D eigenvalue weighted by Crippen LogP contribution is 2.32. The fourth-order valence-electron chi connectivity index (χ4n) is 4.58. The number of aromatic nitrogens is 4. The van der Waals surface area contributed by atoms with E-state index in [9.17, 15) is 4.79 Å². The average Bonchev–Trinajstić information content (AvgIpc) is 3.34. The van der Waals surface area contributed by atoms with Gasteiger partial charge in [0.05, 0.1) is 10.5 Å². The van der Waals surface area contributed by atoms with Crippen LogP contribution >= 0.6 is 11.6 Å². The fraction of sp³-hybridized carbons (Fsp3) is 0.185. The van der Waals surface area contributed by atoms with Crippen molar-refractivity contribution in [2.75, 3.05) is 31.1 Å². The molecule has 0 aliphatic carbocycles. The van der Waals surface area contributed by atoms with Gasteiger partial charge in [-0.3, -0.25) is 4.79 Å². The van der Waals surface area contributed by atoms with Crippen LogP contribution in [0.1, 0.15) is 15.9 Å². The molecule has 1 saturated heterocycles. The molecule has 0 atom stereocenters. The average molecular weight is 483 g/mol. The lowest BCUT2D eigenvalue weighted by Crippen LogP contribution is -2.49. The molecular formula is C27H23ClN6O. The van der Waals surface area contributed by atoms with Gasteiger partial charge in [0.1, 0.15) is 0 Å². The lowest BCUT2D eigenvalue weighted by Gasteiger charge is -2.35. The van der Waals surface area contributed by atoms with E-state index in [2.05, 4.69) is 15.1 Å². The number of rotatable bonds is 3. The van der Waals surface area contributed by atoms with E-state index in [0.717, 1.165) is 39.2 Å². The molecule has 0 bridgehead atoms. The summed E-state index contributed by atoms with van der Waals surface area (Å²) >= 11 is 6.54. The topological polar surface area (TPSA) is 66.6 Å². The first-order valence-corrected chi connectivity index (χ1v) is 12.0. The third-order valence-corrected chi connectivity index (χ3v) is 6.82. The number of carbonyl (C=O) groups excluding carboxylic acids is 1. The Balaban J connectivity index is 1.39. The molecule has 7 nitrogen and oxygen atoms in total. The molecule has 0 N–H and O–H groups in total. The number of halogens is 1. The van der Waals surface area contributed by atoms with E-state index in [1.807, 2.05) is 89.0 Å². The molecule has 0 unspecified atom stereocenters. The molecule has 1 aliphatic heterocycles. The molecule has 0 saturated carbocycles. The minimum absolute atomic E-state index is 0.0577. The molecule has 1 amide bonds. The van der Waals surface area contributed by atoms with Crippen LogP contribution < -0.4 is 4.90 Å². The molecule has 35 heavy (non-hydrogen) atoms. The van der Waals surface area contributed by atoms with Gasteiger partial charge in [-0.25, -0.2) is 9.38 Å². The van der Waals surface area contributed by atoms with Crippen LogP contribution in [-0.2, 0) is 0 Å². The Morgan fingerprint density at radius 1 is 0.857 bits per heavy atom. The van der Waals surface area contributed by atoms with E-state index in [1.54, 1.807) is 0 Å². The zero-order chi connectivity index (χ0) is 23.9. The normalized spacial score (nSPS) is 14.1. The van der Waals surface area contributed by atoms with Crippen LogP contribution in [0.5, 0.6) is 0 Å². The maximum absolute atomic E-state index is 13.0. The van der Waals surface area contributed by atoms with Gasteiger partial charge in [-0.15, -0.1) is 10.2 Å². The SMILES string of the molecule is Cc1ccc(C(=O)N2CCN(c3nc4ccccc4c4nnc(-c5ccccc5Cl)n34)CC2)cc1. The molecule has 3 heterocycles. The second-order valence-electron chi connectivity index (χ2n) is 8.74. The van der Waals surface area contributed by atoms with E-state index in [1.165, 1.54) is 0 Å². The third kappa shape index (κ3) is 3.78. The van der Waals surface area contributed by atoms with Gasteiger partial charge in [-0.1, -0.05) is 53.6 Å². The van der Waals surface area contributed by atoms with Crippen LogP contribution in [0.2, 0.25) is 5.02 Å². The number of fused-ring (bicyclic) bond motifs is 3. The predicted molar refractivity (Wildman–Crippen MR) is 138 cm³/mol. The largest absolute Gasteiger partial charge is 0.338 e. The van der Waals surface area contributed by atoms with E-state index in [4.69, 9.17) is 16.6 Å². The molecule has 0 radical (unpaired) electrons. The van der Waals surface area contributed by atoms with Crippen molar-refractivity contribution in [1.29, 1.82) is 0 Å². The minimum atomic E-state index is 0.0577. The summed E-state index contributed by atoms with van der Waals surface area (Å²) in [6, 6.07) is 23.3. The zero-order valence-electron chi connectivity index (χ0n) is 19.2. The van der Waals surface area contributed by atoms with Crippen molar-refractivity contribution in [3.63, 3.8) is 0 Å². The fourth-order valence-corrected chi connectivity index (χ4v) is 4.80. The minimum Gasteiger partial charge on any atom is -0.338 e. The highest BCUT2D eigenvalue weighted by Gasteiger charge is 2.26. The van der Waals surface area contributed by atoms with E-state index in [-0.39, 0.29) is 5.91 Å². The van der Waals surface area contributed by atoms with Crippen molar-refractivity contribution >= 4 is 40.0 Å². The Morgan fingerprint density at radius 3 is 2.34 bits per heavy atom. The number of hydrogen-bond donors (Lipinski definition) is 0. The molecule has 1 fully saturated rings. The zero-order valence-corrected chi connectivity index (χ0v) is 20.0. The highest BCUT2D eigenvalue weighted by atomic mass is 35.5. The molecule has 8 heteroatoms. The number of nitrogens with zero attached hydrogens (tertiary/aromatic N) is 6. The van der Waals surface area contributed by atoms with Gasteiger partial charge < -0.3 is 9.80 Å². The molecule has 5 aromatic rings. The van der Waals surface area contributed by atoms with Crippen molar-refractivity contribution in [2.45, 2.75) is 6.92 Å². The van der Waals surface area contributed by atoms with Gasteiger partial charge in [0.15, 0.2) is 11.5 Å². The van der Waals surface area contributed by atoms with Crippen molar-refractivity contribution in [2.24, 2.45) is 0 Å². The van der Waals surface area contributed by atoms with Gasteiger partial charge in [0.2, 0.25) is 5.95 Å². The summed E-state index contributed by atoms with van der Waals surface area (Å²) in [6.45, 7) is 4.53. The number of aryl methyl sites for hydroxylation is 1. The number of para-hydroxylation sites is 1. The third-order valence-electron chi connectivity index (χ3n) is 6.49. The number of piperazine rings is 1. The van der Waals surface area contributed by atoms with Gasteiger partial charge in [0, 0.05) is 42.7 Å². The number of benzene rings is 3. The van der Waals surface area contributed by atoms with Crippen LogP contribution in [0.3, 0.4) is 0 Å². The standard InChI is InChI=1S/C27H23ClN6O/c1-18-10-12-19(13-11-18)26(35)32-14-16-33(17-15-32)27-29-23-9-5-3-7-21(23)25-31-30-24(34(25)27)20-6-2-4-8-22(20)28/h2-13H,14-17H2,1H3. The van der Waals surface area contributed by atoms with Gasteiger partial charge in [0.25, 0.3) is 5.91 Å². The summed E-state index contributed by atoms with van der Waals surface area (Å²) in [5.74, 6) is 1.46. The van der Waals surface area contributed by atoms with Crippen LogP contribution in [0.15, 0.2) is 72.8 Å². The van der Waals surface area contributed by atoms with Gasteiger partial charge >= 0.3 is 0 Å².